The van der Waals surface area contributed by atoms with Crippen molar-refractivity contribution in [3.8, 4) is 5.75 Å². The van der Waals surface area contributed by atoms with Gasteiger partial charge in [-0.15, -0.1) is 0 Å². The Morgan fingerprint density at radius 3 is 2.47 bits per heavy atom. The highest BCUT2D eigenvalue weighted by molar-refractivity contribution is 6.07. The maximum Gasteiger partial charge on any atom is 0.325 e. The maximum absolute atomic E-state index is 13.4. The van der Waals surface area contributed by atoms with E-state index in [1.807, 2.05) is 31.2 Å². The number of imide groups is 1. The first kappa shape index (κ1) is 23.7. The summed E-state index contributed by atoms with van der Waals surface area (Å²) in [6, 6.07) is 12.6. The highest BCUT2D eigenvalue weighted by Crippen LogP contribution is 2.34. The quantitative estimate of drug-likeness (QED) is 0.537. The van der Waals surface area contributed by atoms with Crippen molar-refractivity contribution >= 4 is 11.9 Å². The Kier molecular flexibility index (Phi) is 7.51. The molecule has 1 aliphatic rings. The molecule has 7 heteroatoms. The number of nitrogens with one attached hydrogen (secondary N) is 1. The van der Waals surface area contributed by atoms with Crippen LogP contribution in [0.3, 0.4) is 0 Å². The zero-order valence-corrected chi connectivity index (χ0v) is 18.8. The van der Waals surface area contributed by atoms with Crippen LogP contribution in [0.1, 0.15) is 57.1 Å². The molecule has 0 bridgehead atoms. The smallest absolute Gasteiger partial charge is 0.325 e. The zero-order chi connectivity index (χ0) is 23.3. The zero-order valence-electron chi connectivity index (χ0n) is 18.8. The van der Waals surface area contributed by atoms with Gasteiger partial charge in [0.2, 0.25) is 0 Å². The van der Waals surface area contributed by atoms with E-state index in [9.17, 15) is 19.1 Å². The predicted octanol–water partition coefficient (Wildman–Crippen LogP) is 4.33. The van der Waals surface area contributed by atoms with E-state index in [1.54, 1.807) is 0 Å². The topological polar surface area (TPSA) is 78.9 Å². The Balaban J connectivity index is 1.73. The number of β-amino-alcohol motifs (C(OH)–C–C–N with tert-alkyl or cyclic N) is 1. The van der Waals surface area contributed by atoms with Crippen LogP contribution >= 0.6 is 0 Å². The number of halogens is 1. The van der Waals surface area contributed by atoms with Gasteiger partial charge in [0.1, 0.15) is 29.8 Å². The van der Waals surface area contributed by atoms with Gasteiger partial charge in [0.25, 0.3) is 5.91 Å². The highest BCUT2D eigenvalue weighted by Gasteiger charge is 2.52. The molecule has 2 atom stereocenters. The number of hydrogen-bond acceptors (Lipinski definition) is 4. The lowest BCUT2D eigenvalue weighted by molar-refractivity contribution is -0.133. The summed E-state index contributed by atoms with van der Waals surface area (Å²) in [5.41, 5.74) is 0.292. The second-order valence-corrected chi connectivity index (χ2v) is 8.52. The number of aliphatic hydroxyl groups excluding tert-OH is 1. The summed E-state index contributed by atoms with van der Waals surface area (Å²) in [6.07, 6.45) is 0.872. The number of carbonyl (C=O) groups is 2. The number of nitrogens with zero attached hydrogens (tertiary/aromatic N) is 1. The Morgan fingerprint density at radius 1 is 1.12 bits per heavy atom. The molecule has 2 aromatic carbocycles. The van der Waals surface area contributed by atoms with Crippen LogP contribution in [0.2, 0.25) is 0 Å². The van der Waals surface area contributed by atoms with E-state index >= 15 is 0 Å². The molecule has 32 heavy (non-hydrogen) atoms. The van der Waals surface area contributed by atoms with Crippen molar-refractivity contribution in [2.75, 3.05) is 13.2 Å². The minimum Gasteiger partial charge on any atom is -0.491 e. The van der Waals surface area contributed by atoms with Crippen LogP contribution in [-0.4, -0.2) is 41.2 Å². The molecular weight excluding hydrogens is 411 g/mol. The number of benzene rings is 2. The summed E-state index contributed by atoms with van der Waals surface area (Å²) in [5.74, 6) is 0.0676. The number of para-hydroxylation sites is 1. The molecule has 0 aromatic heterocycles. The van der Waals surface area contributed by atoms with Gasteiger partial charge in [-0.1, -0.05) is 63.9 Å². The van der Waals surface area contributed by atoms with Gasteiger partial charge >= 0.3 is 6.03 Å². The number of aliphatic hydroxyl groups is 1. The van der Waals surface area contributed by atoms with E-state index in [2.05, 4.69) is 19.2 Å². The summed E-state index contributed by atoms with van der Waals surface area (Å²) >= 11 is 0. The fourth-order valence-electron chi connectivity index (χ4n) is 4.02. The monoisotopic (exact) mass is 442 g/mol. The van der Waals surface area contributed by atoms with E-state index in [0.717, 1.165) is 16.9 Å². The lowest BCUT2D eigenvalue weighted by atomic mass is 9.84. The number of rotatable bonds is 10. The van der Waals surface area contributed by atoms with Crippen molar-refractivity contribution in [2.45, 2.75) is 57.6 Å². The molecule has 1 heterocycles. The first-order chi connectivity index (χ1) is 15.3. The SMILES string of the molecule is CCCCC1(c2ccc(F)cc2)NC(=O)N(CC(O)COc2ccccc2C(C)C)C1=O. The summed E-state index contributed by atoms with van der Waals surface area (Å²) in [4.78, 5) is 27.1. The number of urea groups is 1. The van der Waals surface area contributed by atoms with E-state index in [1.165, 1.54) is 24.3 Å². The minimum atomic E-state index is -1.26. The molecule has 3 rings (SSSR count). The van der Waals surface area contributed by atoms with Crippen LogP contribution < -0.4 is 10.1 Å². The molecule has 3 amide bonds. The maximum atomic E-state index is 13.4. The van der Waals surface area contributed by atoms with Gasteiger partial charge in [0.05, 0.1) is 6.54 Å². The van der Waals surface area contributed by atoms with Crippen LogP contribution in [0.25, 0.3) is 0 Å². The average molecular weight is 443 g/mol. The van der Waals surface area contributed by atoms with Gasteiger partial charge in [0, 0.05) is 0 Å². The normalized spacial score (nSPS) is 19.4. The standard InChI is InChI=1S/C25H31FN2O4/c1-4-5-14-25(18-10-12-19(26)13-11-18)23(30)28(24(31)27-25)15-20(29)16-32-22-9-7-6-8-21(22)17(2)3/h6-13,17,20,29H,4-5,14-16H2,1-3H3,(H,27,31). The number of hydrogen-bond donors (Lipinski definition) is 2. The number of ether oxygens (including phenoxy) is 1. The molecule has 2 aromatic rings. The largest absolute Gasteiger partial charge is 0.491 e. The summed E-state index contributed by atoms with van der Waals surface area (Å²) in [5, 5.41) is 13.3. The van der Waals surface area contributed by atoms with Crippen molar-refractivity contribution in [1.29, 1.82) is 0 Å². The number of carbonyl (C=O) groups excluding carboxylic acids is 2. The van der Waals surface area contributed by atoms with Crippen molar-refractivity contribution in [3.05, 3.63) is 65.5 Å². The van der Waals surface area contributed by atoms with Crippen molar-refractivity contribution in [1.82, 2.24) is 10.2 Å². The van der Waals surface area contributed by atoms with Gasteiger partial charge in [-0.25, -0.2) is 9.18 Å². The molecule has 0 spiro atoms. The number of amides is 3. The van der Waals surface area contributed by atoms with Crippen molar-refractivity contribution in [3.63, 3.8) is 0 Å². The van der Waals surface area contributed by atoms with Crippen LogP contribution in [0, 0.1) is 5.82 Å². The van der Waals surface area contributed by atoms with Gasteiger partial charge in [0.15, 0.2) is 0 Å². The molecule has 1 saturated heterocycles. The predicted molar refractivity (Wildman–Crippen MR) is 120 cm³/mol. The fourth-order valence-corrected chi connectivity index (χ4v) is 4.02. The Morgan fingerprint density at radius 2 is 1.81 bits per heavy atom. The molecule has 1 fully saturated rings. The van der Waals surface area contributed by atoms with Crippen LogP contribution in [0.15, 0.2) is 48.5 Å². The van der Waals surface area contributed by atoms with Gasteiger partial charge in [-0.3, -0.25) is 9.69 Å². The van der Waals surface area contributed by atoms with E-state index < -0.39 is 29.4 Å². The second kappa shape index (κ2) is 10.1. The van der Waals surface area contributed by atoms with Crippen molar-refractivity contribution < 1.29 is 23.8 Å². The minimum absolute atomic E-state index is 0.0562. The molecule has 0 saturated carbocycles. The third-order valence-corrected chi connectivity index (χ3v) is 5.78. The third kappa shape index (κ3) is 4.93. The van der Waals surface area contributed by atoms with E-state index in [4.69, 9.17) is 4.74 Å². The molecule has 2 unspecified atom stereocenters. The fraction of sp³-hybridized carbons (Fsp3) is 0.440. The molecule has 1 aliphatic heterocycles. The van der Waals surface area contributed by atoms with Crippen LogP contribution in [0.5, 0.6) is 5.75 Å². The third-order valence-electron chi connectivity index (χ3n) is 5.78. The van der Waals surface area contributed by atoms with E-state index in [-0.39, 0.29) is 19.1 Å². The van der Waals surface area contributed by atoms with Crippen LogP contribution in [-0.2, 0) is 10.3 Å². The molecule has 172 valence electrons. The van der Waals surface area contributed by atoms with E-state index in [0.29, 0.717) is 24.2 Å². The van der Waals surface area contributed by atoms with Gasteiger partial charge in [-0.2, -0.15) is 0 Å². The van der Waals surface area contributed by atoms with Gasteiger partial charge < -0.3 is 15.2 Å². The highest BCUT2D eigenvalue weighted by atomic mass is 19.1. The van der Waals surface area contributed by atoms with Gasteiger partial charge in [-0.05, 0) is 41.7 Å². The molecule has 0 radical (unpaired) electrons. The summed E-state index contributed by atoms with van der Waals surface area (Å²) in [7, 11) is 0. The number of unbranched alkanes of at least 4 members (excludes halogenated alkanes) is 1. The molecule has 0 aliphatic carbocycles. The molecular formula is C25H31FN2O4. The molecule has 2 N–H and O–H groups in total. The summed E-state index contributed by atoms with van der Waals surface area (Å²) in [6.45, 7) is 5.85. The first-order valence-corrected chi connectivity index (χ1v) is 11.1. The second-order valence-electron chi connectivity index (χ2n) is 8.52. The first-order valence-electron chi connectivity index (χ1n) is 11.1. The lowest BCUT2D eigenvalue weighted by Crippen LogP contribution is -2.45. The Hall–Kier alpha value is -2.93. The van der Waals surface area contributed by atoms with Crippen molar-refractivity contribution in [2.24, 2.45) is 0 Å². The Labute approximate surface area is 188 Å². The Bertz CT molecular complexity index is 947. The average Bonchev–Trinajstić information content (AvgIpc) is 3.02. The molecule has 6 nitrogen and oxygen atoms in total. The van der Waals surface area contributed by atoms with Crippen LogP contribution in [0.4, 0.5) is 9.18 Å². The summed E-state index contributed by atoms with van der Waals surface area (Å²) < 4.78 is 19.2. The lowest BCUT2D eigenvalue weighted by Gasteiger charge is -2.27.